The van der Waals surface area contributed by atoms with Crippen LogP contribution in [0.25, 0.3) is 0 Å². The summed E-state index contributed by atoms with van der Waals surface area (Å²) in [6, 6.07) is 8.53. The molecular formula is C16H24N2O. The quantitative estimate of drug-likeness (QED) is 0.885. The number of hydrogen-bond donors (Lipinski definition) is 1. The minimum atomic E-state index is 0.0594. The average molecular weight is 260 g/mol. The highest BCUT2D eigenvalue weighted by atomic mass is 16.5. The molecule has 0 aromatic heterocycles. The number of anilines is 1. The molecule has 2 heterocycles. The van der Waals surface area contributed by atoms with E-state index in [4.69, 9.17) is 4.74 Å². The number of benzene rings is 1. The van der Waals surface area contributed by atoms with Crippen molar-refractivity contribution in [3.8, 4) is 5.75 Å². The summed E-state index contributed by atoms with van der Waals surface area (Å²) in [5.41, 5.74) is 1.34. The van der Waals surface area contributed by atoms with Crippen molar-refractivity contribution in [3.05, 3.63) is 24.3 Å². The Labute approximate surface area is 115 Å². The molecule has 1 aromatic rings. The number of ether oxygens (including phenoxy) is 1. The molecule has 3 heteroatoms. The van der Waals surface area contributed by atoms with E-state index in [0.29, 0.717) is 0 Å². The summed E-state index contributed by atoms with van der Waals surface area (Å²) in [6.45, 7) is 6.64. The lowest BCUT2D eigenvalue weighted by molar-refractivity contribution is 0.0351. The monoisotopic (exact) mass is 260 g/mol. The number of nitrogens with one attached hydrogen (secondary N) is 1. The lowest BCUT2D eigenvalue weighted by atomic mass is 9.88. The Morgan fingerprint density at radius 2 is 2.00 bits per heavy atom. The topological polar surface area (TPSA) is 24.5 Å². The van der Waals surface area contributed by atoms with Crippen LogP contribution in [-0.2, 0) is 0 Å². The average Bonchev–Trinajstić information content (AvgIpc) is 2.59. The van der Waals surface area contributed by atoms with Gasteiger partial charge in [0.25, 0.3) is 0 Å². The summed E-state index contributed by atoms with van der Waals surface area (Å²) < 4.78 is 6.48. The molecule has 1 saturated heterocycles. The molecule has 19 heavy (non-hydrogen) atoms. The maximum absolute atomic E-state index is 6.48. The Morgan fingerprint density at radius 1 is 1.21 bits per heavy atom. The molecule has 0 bridgehead atoms. The van der Waals surface area contributed by atoms with Gasteiger partial charge in [0.15, 0.2) is 0 Å². The van der Waals surface area contributed by atoms with E-state index in [9.17, 15) is 0 Å². The van der Waals surface area contributed by atoms with Gasteiger partial charge >= 0.3 is 0 Å². The van der Waals surface area contributed by atoms with Crippen molar-refractivity contribution in [3.63, 3.8) is 0 Å². The fourth-order valence-electron chi connectivity index (χ4n) is 3.28. The number of piperidine rings is 1. The predicted molar refractivity (Wildman–Crippen MR) is 79.0 cm³/mol. The molecule has 0 amide bonds. The third kappa shape index (κ3) is 2.57. The van der Waals surface area contributed by atoms with Gasteiger partial charge in [-0.15, -0.1) is 0 Å². The number of hydrogen-bond acceptors (Lipinski definition) is 3. The van der Waals surface area contributed by atoms with Crippen LogP contribution in [0, 0.1) is 0 Å². The molecule has 0 radical (unpaired) electrons. The summed E-state index contributed by atoms with van der Waals surface area (Å²) in [5.74, 6) is 1.08. The second kappa shape index (κ2) is 5.41. The minimum absolute atomic E-state index is 0.0594. The Morgan fingerprint density at radius 3 is 2.79 bits per heavy atom. The molecule has 1 aromatic carbocycles. The van der Waals surface area contributed by atoms with Crippen molar-refractivity contribution in [2.24, 2.45) is 0 Å². The van der Waals surface area contributed by atoms with Crippen molar-refractivity contribution in [2.75, 3.05) is 31.1 Å². The molecule has 1 fully saturated rings. The fourth-order valence-corrected chi connectivity index (χ4v) is 3.28. The van der Waals surface area contributed by atoms with E-state index >= 15 is 0 Å². The van der Waals surface area contributed by atoms with E-state index in [1.807, 2.05) is 0 Å². The van der Waals surface area contributed by atoms with Crippen molar-refractivity contribution < 1.29 is 4.74 Å². The molecule has 1 spiro atoms. The number of fused-ring (bicyclic) bond motifs is 1. The highest BCUT2D eigenvalue weighted by Crippen LogP contribution is 2.39. The van der Waals surface area contributed by atoms with Crippen LogP contribution in [0.15, 0.2) is 24.3 Å². The number of rotatable bonds is 2. The van der Waals surface area contributed by atoms with Crippen molar-refractivity contribution in [2.45, 2.75) is 38.2 Å². The van der Waals surface area contributed by atoms with Gasteiger partial charge in [-0.05, 0) is 44.5 Å². The summed E-state index contributed by atoms with van der Waals surface area (Å²) in [7, 11) is 0. The molecule has 3 nitrogen and oxygen atoms in total. The first-order chi connectivity index (χ1) is 9.33. The van der Waals surface area contributed by atoms with Crippen LogP contribution in [0.2, 0.25) is 0 Å². The van der Waals surface area contributed by atoms with Crippen LogP contribution < -0.4 is 15.0 Å². The number of para-hydroxylation sites is 2. The van der Waals surface area contributed by atoms with Gasteiger partial charge in [-0.25, -0.2) is 0 Å². The van der Waals surface area contributed by atoms with E-state index in [1.54, 1.807) is 0 Å². The van der Waals surface area contributed by atoms with Crippen LogP contribution in [0.1, 0.15) is 32.6 Å². The van der Waals surface area contributed by atoms with E-state index in [2.05, 4.69) is 41.4 Å². The van der Waals surface area contributed by atoms with Crippen LogP contribution in [0.3, 0.4) is 0 Å². The second-order valence-corrected chi connectivity index (χ2v) is 5.74. The highest BCUT2D eigenvalue weighted by Gasteiger charge is 2.37. The van der Waals surface area contributed by atoms with Gasteiger partial charge in [-0.2, -0.15) is 0 Å². The lowest BCUT2D eigenvalue weighted by Crippen LogP contribution is -2.47. The Bertz CT molecular complexity index is 427. The molecule has 0 aliphatic carbocycles. The summed E-state index contributed by atoms with van der Waals surface area (Å²) in [6.07, 6.45) is 4.58. The third-order valence-corrected chi connectivity index (χ3v) is 4.38. The molecule has 2 aliphatic rings. The van der Waals surface area contributed by atoms with Gasteiger partial charge in [0.05, 0.1) is 5.69 Å². The molecule has 104 valence electrons. The first kappa shape index (κ1) is 12.8. The maximum atomic E-state index is 6.48. The van der Waals surface area contributed by atoms with E-state index in [0.717, 1.165) is 51.2 Å². The Kier molecular flexibility index (Phi) is 3.65. The van der Waals surface area contributed by atoms with Crippen LogP contribution in [0.5, 0.6) is 5.75 Å². The molecule has 0 atom stereocenters. The van der Waals surface area contributed by atoms with E-state index in [-0.39, 0.29) is 5.60 Å². The van der Waals surface area contributed by atoms with Crippen LogP contribution >= 0.6 is 0 Å². The van der Waals surface area contributed by atoms with Gasteiger partial charge in [0.2, 0.25) is 0 Å². The van der Waals surface area contributed by atoms with Crippen LogP contribution in [-0.4, -0.2) is 31.8 Å². The van der Waals surface area contributed by atoms with E-state index < -0.39 is 0 Å². The van der Waals surface area contributed by atoms with Crippen molar-refractivity contribution in [1.82, 2.24) is 5.32 Å². The standard InChI is InChI=1S/C16H24N2O/c1-2-12-18-13-9-16(7-10-17-11-8-16)19-15-6-4-3-5-14(15)18/h3-6,17H,2,7-13H2,1H3. The molecule has 0 saturated carbocycles. The summed E-state index contributed by atoms with van der Waals surface area (Å²) >= 11 is 0. The van der Waals surface area contributed by atoms with Gasteiger partial charge in [-0.1, -0.05) is 19.1 Å². The third-order valence-electron chi connectivity index (χ3n) is 4.38. The smallest absolute Gasteiger partial charge is 0.143 e. The van der Waals surface area contributed by atoms with Crippen molar-refractivity contribution >= 4 is 5.69 Å². The van der Waals surface area contributed by atoms with Crippen molar-refractivity contribution in [1.29, 1.82) is 0 Å². The first-order valence-electron chi connectivity index (χ1n) is 7.57. The first-order valence-corrected chi connectivity index (χ1v) is 7.57. The predicted octanol–water partition coefficient (Wildman–Crippen LogP) is 2.81. The molecule has 2 aliphatic heterocycles. The zero-order chi connectivity index (χ0) is 13.1. The SMILES string of the molecule is CCCN1CCC2(CCNCC2)Oc2ccccc21. The molecule has 0 unspecified atom stereocenters. The lowest BCUT2D eigenvalue weighted by Gasteiger charge is -2.37. The normalized spacial score (nSPS) is 21.6. The Balaban J connectivity index is 1.90. The largest absolute Gasteiger partial charge is 0.485 e. The van der Waals surface area contributed by atoms with Gasteiger partial charge in [0.1, 0.15) is 11.4 Å². The molecule has 3 rings (SSSR count). The fraction of sp³-hybridized carbons (Fsp3) is 0.625. The highest BCUT2D eigenvalue weighted by molar-refractivity contribution is 5.59. The molecule has 1 N–H and O–H groups in total. The maximum Gasteiger partial charge on any atom is 0.143 e. The summed E-state index contributed by atoms with van der Waals surface area (Å²) in [4.78, 5) is 2.49. The zero-order valence-electron chi connectivity index (χ0n) is 11.8. The number of nitrogens with zero attached hydrogens (tertiary/aromatic N) is 1. The molecular weight excluding hydrogens is 236 g/mol. The van der Waals surface area contributed by atoms with Crippen LogP contribution in [0.4, 0.5) is 5.69 Å². The zero-order valence-corrected chi connectivity index (χ0v) is 11.8. The van der Waals surface area contributed by atoms with Gasteiger partial charge < -0.3 is 15.0 Å². The van der Waals surface area contributed by atoms with E-state index in [1.165, 1.54) is 12.1 Å². The summed E-state index contributed by atoms with van der Waals surface area (Å²) in [5, 5.41) is 3.44. The minimum Gasteiger partial charge on any atom is -0.485 e. The Hall–Kier alpha value is -1.22. The second-order valence-electron chi connectivity index (χ2n) is 5.74. The van der Waals surface area contributed by atoms with Gasteiger partial charge in [0, 0.05) is 19.5 Å². The van der Waals surface area contributed by atoms with Gasteiger partial charge in [-0.3, -0.25) is 0 Å².